The summed E-state index contributed by atoms with van der Waals surface area (Å²) in [5.74, 6) is 1.64. The van der Waals surface area contributed by atoms with E-state index >= 15 is 0 Å². The maximum absolute atomic E-state index is 5.22. The van der Waals surface area contributed by atoms with Crippen LogP contribution >= 0.6 is 11.3 Å². The van der Waals surface area contributed by atoms with Gasteiger partial charge in [0.05, 0.1) is 11.4 Å². The number of hydrogen-bond acceptors (Lipinski definition) is 3. The van der Waals surface area contributed by atoms with E-state index in [1.165, 1.54) is 85.7 Å². The Morgan fingerprint density at radius 3 is 2.14 bits per heavy atom. The van der Waals surface area contributed by atoms with Crippen molar-refractivity contribution in [2.75, 3.05) is 0 Å². The van der Waals surface area contributed by atoms with Crippen molar-refractivity contribution in [3.63, 3.8) is 0 Å². The zero-order valence-corrected chi connectivity index (χ0v) is 33.8. The fourth-order valence-electron chi connectivity index (χ4n) is 11.4. The number of aromatic nitrogens is 2. The lowest BCUT2D eigenvalue weighted by Crippen LogP contribution is -2.34. The third-order valence-electron chi connectivity index (χ3n) is 14.2. The molecule has 1 spiro atoms. The van der Waals surface area contributed by atoms with E-state index in [1.807, 2.05) is 17.4 Å². The molecule has 4 aliphatic rings. The summed E-state index contributed by atoms with van der Waals surface area (Å²) in [6, 6.07) is 51.3. The second-order valence-electron chi connectivity index (χ2n) is 17.6. The maximum Gasteiger partial charge on any atom is 0.160 e. The monoisotopic (exact) mass is 764 g/mol. The fraction of sp³-hybridized carbons (Fsp3) is 0.200. The molecule has 58 heavy (non-hydrogen) atoms. The largest absolute Gasteiger partial charge is 0.228 e. The van der Waals surface area contributed by atoms with Crippen LogP contribution in [-0.2, 0) is 10.8 Å². The van der Waals surface area contributed by atoms with Gasteiger partial charge in [0.25, 0.3) is 0 Å². The minimum Gasteiger partial charge on any atom is -0.228 e. The topological polar surface area (TPSA) is 25.8 Å². The van der Waals surface area contributed by atoms with Crippen molar-refractivity contribution in [3.05, 3.63) is 186 Å². The Hall–Kier alpha value is -5.90. The first-order chi connectivity index (χ1) is 28.5. The van der Waals surface area contributed by atoms with Crippen molar-refractivity contribution in [2.45, 2.75) is 62.7 Å². The van der Waals surface area contributed by atoms with Gasteiger partial charge in [-0.3, -0.25) is 0 Å². The number of benzene rings is 6. The molecule has 8 aromatic rings. The summed E-state index contributed by atoms with van der Waals surface area (Å²) >= 11 is 1.87. The van der Waals surface area contributed by atoms with Gasteiger partial charge in [0.15, 0.2) is 5.82 Å². The van der Waals surface area contributed by atoms with Crippen LogP contribution in [0, 0.1) is 5.92 Å². The standard InChI is InChI=1S/C55H44N2S/c1-54(2)45-22-11-10-19-38(45)42-32-48-43(31-47(42)54)41-29-36(23-25-46(41)55(48)27-12-5-13-28-55)37-24-26-51-44(30-37)39-20-14-21-40(52(39)58-51)50-33-49(34-15-6-3-7-16-34)56-53(57-50)35-17-8-4-9-18-35/h3-4,6-11,14-26,29-33,41,46H,5,12-13,27-28H2,1-2H3. The SMILES string of the molecule is CC1(C)c2ccccc2-c2cc3c(cc21)C1C=C(c2ccc4sc5c(-c6cc(-c7ccccc7)nc(-c7ccccc7)n6)cccc5c4c2)C=CC1C31CCCCC1. The molecule has 2 unspecified atom stereocenters. The Morgan fingerprint density at radius 2 is 1.31 bits per heavy atom. The summed E-state index contributed by atoms with van der Waals surface area (Å²) in [5, 5.41) is 2.59. The van der Waals surface area contributed by atoms with E-state index < -0.39 is 0 Å². The van der Waals surface area contributed by atoms with E-state index in [9.17, 15) is 0 Å². The first-order valence-electron chi connectivity index (χ1n) is 21.1. The van der Waals surface area contributed by atoms with Gasteiger partial charge in [-0.2, -0.15) is 0 Å². The van der Waals surface area contributed by atoms with Gasteiger partial charge >= 0.3 is 0 Å². The Kier molecular flexibility index (Phi) is 7.54. The van der Waals surface area contributed by atoms with Gasteiger partial charge in [0.1, 0.15) is 0 Å². The molecule has 0 saturated heterocycles. The highest BCUT2D eigenvalue weighted by Gasteiger charge is 2.52. The van der Waals surface area contributed by atoms with Gasteiger partial charge < -0.3 is 0 Å². The van der Waals surface area contributed by atoms with Crippen LogP contribution in [0.5, 0.6) is 0 Å². The van der Waals surface area contributed by atoms with E-state index in [1.54, 1.807) is 11.1 Å². The van der Waals surface area contributed by atoms with E-state index in [2.05, 4.69) is 166 Å². The average Bonchev–Trinajstić information content (AvgIpc) is 3.86. The molecule has 0 amide bonds. The summed E-state index contributed by atoms with van der Waals surface area (Å²) in [7, 11) is 0. The van der Waals surface area contributed by atoms with Crippen molar-refractivity contribution in [1.29, 1.82) is 0 Å². The highest BCUT2D eigenvalue weighted by atomic mass is 32.1. The van der Waals surface area contributed by atoms with Crippen molar-refractivity contribution in [1.82, 2.24) is 9.97 Å². The van der Waals surface area contributed by atoms with Crippen molar-refractivity contribution in [2.24, 2.45) is 5.92 Å². The Bertz CT molecular complexity index is 2960. The van der Waals surface area contributed by atoms with E-state index in [-0.39, 0.29) is 10.8 Å². The minimum absolute atomic E-state index is 0.00225. The number of rotatable bonds is 4. The van der Waals surface area contributed by atoms with Crippen LogP contribution in [0.1, 0.15) is 79.7 Å². The molecule has 1 saturated carbocycles. The lowest BCUT2D eigenvalue weighted by atomic mass is 9.63. The third-order valence-corrected chi connectivity index (χ3v) is 15.4. The highest BCUT2D eigenvalue weighted by Crippen LogP contribution is 2.62. The Morgan fingerprint density at radius 1 is 0.569 bits per heavy atom. The molecule has 0 aliphatic heterocycles. The molecule has 0 N–H and O–H groups in total. The summed E-state index contributed by atoms with van der Waals surface area (Å²) in [6.07, 6.45) is 14.3. The van der Waals surface area contributed by atoms with Crippen LogP contribution in [0.25, 0.3) is 70.8 Å². The first-order valence-corrected chi connectivity index (χ1v) is 21.9. The fourth-order valence-corrected chi connectivity index (χ4v) is 12.6. The molecular weight excluding hydrogens is 721 g/mol. The lowest BCUT2D eigenvalue weighted by Gasteiger charge is -2.41. The number of allylic oxidation sites excluding steroid dienone is 4. The van der Waals surface area contributed by atoms with Crippen LogP contribution in [0.3, 0.4) is 0 Å². The zero-order valence-electron chi connectivity index (χ0n) is 33.0. The van der Waals surface area contributed by atoms with E-state index in [0.29, 0.717) is 11.8 Å². The average molecular weight is 765 g/mol. The number of nitrogens with zero attached hydrogens (tertiary/aromatic N) is 2. The van der Waals surface area contributed by atoms with Crippen molar-refractivity contribution >= 4 is 37.1 Å². The summed E-state index contributed by atoms with van der Waals surface area (Å²) < 4.78 is 2.57. The van der Waals surface area contributed by atoms with Gasteiger partial charge in [-0.1, -0.05) is 167 Å². The van der Waals surface area contributed by atoms with Gasteiger partial charge in [0.2, 0.25) is 0 Å². The molecule has 0 radical (unpaired) electrons. The summed E-state index contributed by atoms with van der Waals surface area (Å²) in [6.45, 7) is 4.85. The minimum atomic E-state index is -0.00225. The predicted molar refractivity (Wildman–Crippen MR) is 243 cm³/mol. The molecule has 12 rings (SSSR count). The number of hydrogen-bond donors (Lipinski definition) is 0. The second kappa shape index (κ2) is 12.8. The van der Waals surface area contributed by atoms with Gasteiger partial charge in [-0.05, 0) is 87.5 Å². The molecule has 2 aromatic heterocycles. The highest BCUT2D eigenvalue weighted by molar-refractivity contribution is 7.26. The van der Waals surface area contributed by atoms with Crippen LogP contribution in [0.2, 0.25) is 0 Å². The molecule has 1 fully saturated rings. The first kappa shape index (κ1) is 34.2. The van der Waals surface area contributed by atoms with Crippen LogP contribution in [-0.4, -0.2) is 9.97 Å². The van der Waals surface area contributed by atoms with E-state index in [4.69, 9.17) is 9.97 Å². The molecule has 4 aliphatic carbocycles. The van der Waals surface area contributed by atoms with Gasteiger partial charge in [-0.15, -0.1) is 11.3 Å². The smallest absolute Gasteiger partial charge is 0.160 e. The molecule has 280 valence electrons. The van der Waals surface area contributed by atoms with Crippen LogP contribution in [0.4, 0.5) is 0 Å². The molecule has 2 heterocycles. The summed E-state index contributed by atoms with van der Waals surface area (Å²) in [5.41, 5.74) is 17.1. The zero-order chi connectivity index (χ0) is 38.6. The predicted octanol–water partition coefficient (Wildman–Crippen LogP) is 14.7. The lowest BCUT2D eigenvalue weighted by molar-refractivity contribution is 0.233. The van der Waals surface area contributed by atoms with Crippen molar-refractivity contribution in [3.8, 4) is 45.0 Å². The van der Waals surface area contributed by atoms with Crippen LogP contribution in [0.15, 0.2) is 158 Å². The third kappa shape index (κ3) is 5.02. The Labute approximate surface area is 344 Å². The van der Waals surface area contributed by atoms with Crippen LogP contribution < -0.4 is 0 Å². The number of thiophene rings is 1. The van der Waals surface area contributed by atoms with Gasteiger partial charge in [-0.25, -0.2) is 9.97 Å². The second-order valence-corrected chi connectivity index (χ2v) is 18.6. The summed E-state index contributed by atoms with van der Waals surface area (Å²) in [4.78, 5) is 10.3. The number of fused-ring (bicyclic) bond motifs is 11. The molecule has 0 bridgehead atoms. The quantitative estimate of drug-likeness (QED) is 0.178. The molecule has 2 nitrogen and oxygen atoms in total. The van der Waals surface area contributed by atoms with Crippen molar-refractivity contribution < 1.29 is 0 Å². The maximum atomic E-state index is 5.22. The molecule has 2 atom stereocenters. The normalized spacial score (nSPS) is 19.5. The Balaban J connectivity index is 0.971. The molecular formula is C55H44N2S. The van der Waals surface area contributed by atoms with E-state index in [0.717, 1.165) is 33.9 Å². The molecule has 3 heteroatoms. The van der Waals surface area contributed by atoms with Gasteiger partial charge in [0, 0.05) is 53.6 Å². The molecule has 6 aromatic carbocycles.